The second-order valence-electron chi connectivity index (χ2n) is 7.01. The van der Waals surface area contributed by atoms with E-state index in [0.717, 1.165) is 59.8 Å². The molecule has 0 unspecified atom stereocenters. The summed E-state index contributed by atoms with van der Waals surface area (Å²) in [5, 5.41) is 14.6. The molecule has 1 N–H and O–H groups in total. The van der Waals surface area contributed by atoms with Crippen LogP contribution < -0.4 is 10.2 Å². The van der Waals surface area contributed by atoms with E-state index in [4.69, 9.17) is 4.74 Å². The largest absolute Gasteiger partial charge is 0.378 e. The van der Waals surface area contributed by atoms with Gasteiger partial charge in [0.2, 0.25) is 0 Å². The Labute approximate surface area is 159 Å². The maximum atomic E-state index is 5.48. The van der Waals surface area contributed by atoms with Crippen LogP contribution in [0.15, 0.2) is 36.5 Å². The number of anilines is 2. The van der Waals surface area contributed by atoms with Crippen molar-refractivity contribution in [3.8, 4) is 0 Å². The minimum Gasteiger partial charge on any atom is -0.378 e. The quantitative estimate of drug-likeness (QED) is 0.763. The number of hydrogen-bond acceptors (Lipinski definition) is 6. The minimum atomic E-state index is 0.0888. The second-order valence-corrected chi connectivity index (χ2v) is 7.01. The summed E-state index contributed by atoms with van der Waals surface area (Å²) in [6, 6.07) is 10.7. The monoisotopic (exact) mass is 363 g/mol. The lowest BCUT2D eigenvalue weighted by Crippen LogP contribution is -2.36. The fraction of sp³-hybridized carbons (Fsp3) is 0.381. The third-order valence-electron chi connectivity index (χ3n) is 5.19. The van der Waals surface area contributed by atoms with Gasteiger partial charge in [-0.05, 0) is 44.5 Å². The number of aromatic nitrogens is 3. The first-order valence-electron chi connectivity index (χ1n) is 9.41. The summed E-state index contributed by atoms with van der Waals surface area (Å²) in [5.74, 6) is 0.807. The lowest BCUT2D eigenvalue weighted by atomic mass is 10.1. The highest BCUT2D eigenvalue weighted by Gasteiger charge is 2.16. The van der Waals surface area contributed by atoms with Gasteiger partial charge in [0.25, 0.3) is 0 Å². The maximum Gasteiger partial charge on any atom is 0.157 e. The molecule has 2 aromatic heterocycles. The van der Waals surface area contributed by atoms with Gasteiger partial charge >= 0.3 is 0 Å². The molecule has 6 heteroatoms. The van der Waals surface area contributed by atoms with Gasteiger partial charge in [-0.2, -0.15) is 5.10 Å². The lowest BCUT2D eigenvalue weighted by molar-refractivity contribution is 0.122. The molecule has 0 amide bonds. The van der Waals surface area contributed by atoms with Crippen molar-refractivity contribution in [2.45, 2.75) is 26.8 Å². The third kappa shape index (κ3) is 3.57. The Kier molecular flexibility index (Phi) is 4.90. The summed E-state index contributed by atoms with van der Waals surface area (Å²) in [5.41, 5.74) is 4.33. The highest BCUT2D eigenvalue weighted by Crippen LogP contribution is 2.30. The molecule has 1 fully saturated rings. The van der Waals surface area contributed by atoms with Crippen LogP contribution in [0.5, 0.6) is 0 Å². The summed E-state index contributed by atoms with van der Waals surface area (Å²) in [4.78, 5) is 6.76. The van der Waals surface area contributed by atoms with Gasteiger partial charge < -0.3 is 15.0 Å². The zero-order valence-electron chi connectivity index (χ0n) is 16.1. The average molecular weight is 363 g/mol. The van der Waals surface area contributed by atoms with Crippen molar-refractivity contribution in [1.29, 1.82) is 0 Å². The average Bonchev–Trinajstić information content (AvgIpc) is 2.71. The van der Waals surface area contributed by atoms with Crippen molar-refractivity contribution in [2.24, 2.45) is 0 Å². The van der Waals surface area contributed by atoms with Crippen LogP contribution in [0.1, 0.15) is 29.9 Å². The van der Waals surface area contributed by atoms with Crippen LogP contribution in [-0.4, -0.2) is 41.5 Å². The fourth-order valence-electron chi connectivity index (χ4n) is 3.64. The number of pyridine rings is 1. The van der Waals surface area contributed by atoms with Crippen molar-refractivity contribution in [3.05, 3.63) is 53.5 Å². The number of aryl methyl sites for hydroxylation is 2. The van der Waals surface area contributed by atoms with Crippen molar-refractivity contribution in [2.75, 3.05) is 36.5 Å². The molecule has 0 saturated carbocycles. The van der Waals surface area contributed by atoms with Gasteiger partial charge in [-0.15, -0.1) is 5.10 Å². The maximum absolute atomic E-state index is 5.48. The van der Waals surface area contributed by atoms with E-state index in [-0.39, 0.29) is 6.04 Å². The molecule has 1 aromatic carbocycles. The second kappa shape index (κ2) is 7.48. The first-order valence-corrected chi connectivity index (χ1v) is 9.41. The van der Waals surface area contributed by atoms with E-state index in [9.17, 15) is 0 Å². The summed E-state index contributed by atoms with van der Waals surface area (Å²) >= 11 is 0. The molecule has 27 heavy (non-hydrogen) atoms. The predicted molar refractivity (Wildman–Crippen MR) is 108 cm³/mol. The summed E-state index contributed by atoms with van der Waals surface area (Å²) < 4.78 is 5.48. The summed E-state index contributed by atoms with van der Waals surface area (Å²) in [6.45, 7) is 9.53. The van der Waals surface area contributed by atoms with E-state index in [2.05, 4.69) is 56.6 Å². The Morgan fingerprint density at radius 1 is 1.04 bits per heavy atom. The number of benzene rings is 1. The number of rotatable bonds is 4. The Balaban J connectivity index is 1.71. The highest BCUT2D eigenvalue weighted by molar-refractivity contribution is 5.95. The molecule has 0 aliphatic carbocycles. The van der Waals surface area contributed by atoms with Crippen LogP contribution in [0.3, 0.4) is 0 Å². The lowest BCUT2D eigenvalue weighted by Gasteiger charge is -2.29. The molecule has 6 nitrogen and oxygen atoms in total. The molecule has 1 aliphatic rings. The highest BCUT2D eigenvalue weighted by atomic mass is 16.5. The van der Waals surface area contributed by atoms with E-state index < -0.39 is 0 Å². The predicted octanol–water partition coefficient (Wildman–Crippen LogP) is 3.65. The van der Waals surface area contributed by atoms with Crippen molar-refractivity contribution in [3.63, 3.8) is 0 Å². The Hall–Kier alpha value is -2.73. The molecule has 1 aliphatic heterocycles. The van der Waals surface area contributed by atoms with Crippen LogP contribution in [-0.2, 0) is 4.74 Å². The molecular formula is C21H25N5O. The van der Waals surface area contributed by atoms with Gasteiger partial charge in [0.15, 0.2) is 5.82 Å². The van der Waals surface area contributed by atoms with Crippen LogP contribution in [0.4, 0.5) is 11.5 Å². The number of hydrogen-bond donors (Lipinski definition) is 1. The smallest absolute Gasteiger partial charge is 0.157 e. The number of morpholine rings is 1. The number of nitrogens with zero attached hydrogens (tertiary/aromatic N) is 4. The first-order chi connectivity index (χ1) is 13.1. The van der Waals surface area contributed by atoms with Gasteiger partial charge in [-0.25, -0.2) is 0 Å². The molecule has 1 atom stereocenters. The normalized spacial score (nSPS) is 15.7. The molecule has 0 radical (unpaired) electrons. The first kappa shape index (κ1) is 17.7. The van der Waals surface area contributed by atoms with Gasteiger partial charge in [0, 0.05) is 41.4 Å². The standard InChI is InChI=1S/C21H25N5O/c1-14-18(5-4-8-22-14)15(2)23-21-20-13-17(26-9-11-27-12-10-26)6-7-19(20)16(3)24-25-21/h4-8,13,15H,9-12H2,1-3H3,(H,23,25)/t15-/m1/s1. The minimum absolute atomic E-state index is 0.0888. The number of ether oxygens (including phenoxy) is 1. The van der Waals surface area contributed by atoms with E-state index in [1.807, 2.05) is 26.1 Å². The van der Waals surface area contributed by atoms with Crippen molar-refractivity contribution >= 4 is 22.3 Å². The molecule has 0 bridgehead atoms. The summed E-state index contributed by atoms with van der Waals surface area (Å²) in [6.07, 6.45) is 1.82. The van der Waals surface area contributed by atoms with Crippen LogP contribution in [0.25, 0.3) is 10.8 Å². The van der Waals surface area contributed by atoms with E-state index in [0.29, 0.717) is 0 Å². The van der Waals surface area contributed by atoms with Crippen LogP contribution >= 0.6 is 0 Å². The molecular weight excluding hydrogens is 338 g/mol. The summed E-state index contributed by atoms with van der Waals surface area (Å²) in [7, 11) is 0. The SMILES string of the molecule is Cc1ncccc1[C@@H](C)Nc1nnc(C)c2ccc(N3CCOCC3)cc12. The molecule has 3 aromatic rings. The fourth-order valence-corrected chi connectivity index (χ4v) is 3.64. The molecule has 3 heterocycles. The Bertz CT molecular complexity index is 952. The Morgan fingerprint density at radius 2 is 1.85 bits per heavy atom. The Morgan fingerprint density at radius 3 is 2.63 bits per heavy atom. The van der Waals surface area contributed by atoms with Crippen LogP contribution in [0.2, 0.25) is 0 Å². The zero-order valence-corrected chi connectivity index (χ0v) is 16.1. The van der Waals surface area contributed by atoms with E-state index in [1.165, 1.54) is 5.69 Å². The van der Waals surface area contributed by atoms with Crippen molar-refractivity contribution < 1.29 is 4.74 Å². The third-order valence-corrected chi connectivity index (χ3v) is 5.19. The topological polar surface area (TPSA) is 63.2 Å². The van der Waals surface area contributed by atoms with Gasteiger partial charge in [-0.1, -0.05) is 12.1 Å². The van der Waals surface area contributed by atoms with Gasteiger partial charge in [0.1, 0.15) is 0 Å². The van der Waals surface area contributed by atoms with Gasteiger partial charge in [0.05, 0.1) is 24.9 Å². The van der Waals surface area contributed by atoms with Crippen molar-refractivity contribution in [1.82, 2.24) is 15.2 Å². The molecule has 140 valence electrons. The van der Waals surface area contributed by atoms with E-state index >= 15 is 0 Å². The zero-order chi connectivity index (χ0) is 18.8. The van der Waals surface area contributed by atoms with E-state index in [1.54, 1.807) is 0 Å². The molecule has 1 saturated heterocycles. The molecule has 0 spiro atoms. The number of nitrogens with one attached hydrogen (secondary N) is 1. The molecule has 4 rings (SSSR count). The number of fused-ring (bicyclic) bond motifs is 1. The van der Waals surface area contributed by atoms with Gasteiger partial charge in [-0.3, -0.25) is 4.98 Å². The van der Waals surface area contributed by atoms with Crippen LogP contribution in [0, 0.1) is 13.8 Å².